The SMILES string of the molecule is Cc1csc(-c2cnccc2C=O)n1. The average Bonchev–Trinajstić information content (AvgIpc) is 2.65. The molecule has 0 amide bonds. The Kier molecular flexibility index (Phi) is 2.37. The van der Waals surface area contributed by atoms with E-state index in [-0.39, 0.29) is 0 Å². The summed E-state index contributed by atoms with van der Waals surface area (Å²) < 4.78 is 0. The smallest absolute Gasteiger partial charge is 0.150 e. The monoisotopic (exact) mass is 204 g/mol. The van der Waals surface area contributed by atoms with Crippen molar-refractivity contribution < 1.29 is 4.79 Å². The van der Waals surface area contributed by atoms with Crippen LogP contribution >= 0.6 is 11.3 Å². The molecule has 0 saturated carbocycles. The zero-order chi connectivity index (χ0) is 9.97. The van der Waals surface area contributed by atoms with Crippen molar-refractivity contribution in [1.82, 2.24) is 9.97 Å². The number of hydrogen-bond acceptors (Lipinski definition) is 4. The molecule has 2 rings (SSSR count). The van der Waals surface area contributed by atoms with Crippen LogP contribution in [0.3, 0.4) is 0 Å². The summed E-state index contributed by atoms with van der Waals surface area (Å²) >= 11 is 1.52. The highest BCUT2D eigenvalue weighted by Gasteiger charge is 2.07. The summed E-state index contributed by atoms with van der Waals surface area (Å²) in [6.45, 7) is 1.93. The molecule has 0 spiro atoms. The lowest BCUT2D eigenvalue weighted by Crippen LogP contribution is -1.87. The van der Waals surface area contributed by atoms with E-state index in [0.717, 1.165) is 22.6 Å². The Morgan fingerprint density at radius 2 is 2.36 bits per heavy atom. The number of hydrogen-bond donors (Lipinski definition) is 0. The molecule has 4 heteroatoms. The van der Waals surface area contributed by atoms with E-state index in [1.807, 2.05) is 12.3 Å². The number of nitrogens with zero attached hydrogens (tertiary/aromatic N) is 2. The van der Waals surface area contributed by atoms with Gasteiger partial charge in [-0.15, -0.1) is 11.3 Å². The van der Waals surface area contributed by atoms with Gasteiger partial charge < -0.3 is 0 Å². The van der Waals surface area contributed by atoms with E-state index in [0.29, 0.717) is 5.56 Å². The van der Waals surface area contributed by atoms with Crippen LogP contribution in [-0.2, 0) is 0 Å². The maximum Gasteiger partial charge on any atom is 0.150 e. The van der Waals surface area contributed by atoms with Crippen LogP contribution in [0.15, 0.2) is 23.8 Å². The van der Waals surface area contributed by atoms with Crippen molar-refractivity contribution in [1.29, 1.82) is 0 Å². The molecule has 14 heavy (non-hydrogen) atoms. The highest BCUT2D eigenvalue weighted by Crippen LogP contribution is 2.24. The third-order valence-electron chi connectivity index (χ3n) is 1.83. The lowest BCUT2D eigenvalue weighted by Gasteiger charge is -1.97. The summed E-state index contributed by atoms with van der Waals surface area (Å²) in [4.78, 5) is 19.1. The third kappa shape index (κ3) is 1.56. The van der Waals surface area contributed by atoms with E-state index in [4.69, 9.17) is 0 Å². The minimum atomic E-state index is 0.634. The molecule has 3 nitrogen and oxygen atoms in total. The van der Waals surface area contributed by atoms with Gasteiger partial charge in [0.25, 0.3) is 0 Å². The second-order valence-electron chi connectivity index (χ2n) is 2.87. The number of carbonyl (C=O) groups is 1. The maximum atomic E-state index is 10.8. The number of aryl methyl sites for hydroxylation is 1. The molecule has 0 bridgehead atoms. The summed E-state index contributed by atoms with van der Waals surface area (Å²) in [5.41, 5.74) is 2.40. The number of rotatable bonds is 2. The fourth-order valence-corrected chi connectivity index (χ4v) is 1.99. The number of carbonyl (C=O) groups excluding carboxylic acids is 1. The Hall–Kier alpha value is -1.55. The highest BCUT2D eigenvalue weighted by atomic mass is 32.1. The molecule has 0 aliphatic carbocycles. The molecule has 0 fully saturated rings. The van der Waals surface area contributed by atoms with E-state index in [9.17, 15) is 4.79 Å². The van der Waals surface area contributed by atoms with Crippen LogP contribution in [0.1, 0.15) is 16.1 Å². The topological polar surface area (TPSA) is 42.9 Å². The lowest BCUT2D eigenvalue weighted by atomic mass is 10.2. The summed E-state index contributed by atoms with van der Waals surface area (Å²) in [5, 5.41) is 2.80. The summed E-state index contributed by atoms with van der Waals surface area (Å²) in [6.07, 6.45) is 4.10. The van der Waals surface area contributed by atoms with Crippen molar-refractivity contribution in [3.8, 4) is 10.6 Å². The molecule has 0 unspecified atom stereocenters. The first-order valence-electron chi connectivity index (χ1n) is 4.13. The predicted octanol–water partition coefficient (Wildman–Crippen LogP) is 2.33. The Morgan fingerprint density at radius 1 is 1.50 bits per heavy atom. The highest BCUT2D eigenvalue weighted by molar-refractivity contribution is 7.13. The van der Waals surface area contributed by atoms with Crippen LogP contribution in [0.25, 0.3) is 10.6 Å². The van der Waals surface area contributed by atoms with Gasteiger partial charge in [-0.25, -0.2) is 4.98 Å². The molecular formula is C10H8N2OS. The van der Waals surface area contributed by atoms with E-state index < -0.39 is 0 Å². The predicted molar refractivity (Wildman–Crippen MR) is 55.5 cm³/mol. The molecule has 0 aromatic carbocycles. The Bertz CT molecular complexity index is 465. The quantitative estimate of drug-likeness (QED) is 0.705. The Morgan fingerprint density at radius 3 is 3.00 bits per heavy atom. The van der Waals surface area contributed by atoms with Gasteiger partial charge in [-0.3, -0.25) is 9.78 Å². The first-order chi connectivity index (χ1) is 6.81. The number of aromatic nitrogens is 2. The van der Waals surface area contributed by atoms with Crippen LogP contribution in [0.4, 0.5) is 0 Å². The van der Waals surface area contributed by atoms with Gasteiger partial charge in [0.1, 0.15) is 5.01 Å². The average molecular weight is 204 g/mol. The van der Waals surface area contributed by atoms with Crippen LogP contribution in [0.5, 0.6) is 0 Å². The lowest BCUT2D eigenvalue weighted by molar-refractivity contribution is 0.112. The summed E-state index contributed by atoms with van der Waals surface area (Å²) in [5.74, 6) is 0. The second-order valence-corrected chi connectivity index (χ2v) is 3.73. The van der Waals surface area contributed by atoms with Gasteiger partial charge in [0, 0.05) is 34.6 Å². The molecule has 2 aromatic heterocycles. The Balaban J connectivity index is 2.55. The molecule has 0 radical (unpaired) electrons. The van der Waals surface area contributed by atoms with Crippen molar-refractivity contribution in [2.24, 2.45) is 0 Å². The minimum Gasteiger partial charge on any atom is -0.298 e. The molecule has 0 aliphatic rings. The third-order valence-corrected chi connectivity index (χ3v) is 2.82. The largest absolute Gasteiger partial charge is 0.298 e. The van der Waals surface area contributed by atoms with Gasteiger partial charge >= 0.3 is 0 Å². The second kappa shape index (κ2) is 3.67. The van der Waals surface area contributed by atoms with Crippen LogP contribution < -0.4 is 0 Å². The van der Waals surface area contributed by atoms with E-state index in [1.165, 1.54) is 11.3 Å². The van der Waals surface area contributed by atoms with Gasteiger partial charge in [-0.1, -0.05) is 0 Å². The molecule has 2 aromatic rings. The zero-order valence-corrected chi connectivity index (χ0v) is 8.41. The molecule has 70 valence electrons. The molecule has 0 saturated heterocycles. The number of thiazole rings is 1. The van der Waals surface area contributed by atoms with Crippen LogP contribution in [0.2, 0.25) is 0 Å². The number of pyridine rings is 1. The van der Waals surface area contributed by atoms with Crippen molar-refractivity contribution in [3.05, 3.63) is 35.1 Å². The van der Waals surface area contributed by atoms with Crippen LogP contribution in [0, 0.1) is 6.92 Å². The van der Waals surface area contributed by atoms with Crippen molar-refractivity contribution in [2.75, 3.05) is 0 Å². The fourth-order valence-electron chi connectivity index (χ4n) is 1.16. The van der Waals surface area contributed by atoms with Gasteiger partial charge in [0.15, 0.2) is 6.29 Å². The van der Waals surface area contributed by atoms with E-state index in [1.54, 1.807) is 18.5 Å². The van der Waals surface area contributed by atoms with Gasteiger partial charge in [-0.05, 0) is 13.0 Å². The van der Waals surface area contributed by atoms with Gasteiger partial charge in [-0.2, -0.15) is 0 Å². The van der Waals surface area contributed by atoms with Crippen molar-refractivity contribution >= 4 is 17.6 Å². The summed E-state index contributed by atoms with van der Waals surface area (Å²) in [6, 6.07) is 1.69. The minimum absolute atomic E-state index is 0.634. The number of aldehydes is 1. The first kappa shape index (κ1) is 9.02. The maximum absolute atomic E-state index is 10.8. The Labute approximate surface area is 85.5 Å². The molecule has 0 aliphatic heterocycles. The summed E-state index contributed by atoms with van der Waals surface area (Å²) in [7, 11) is 0. The van der Waals surface area contributed by atoms with Crippen LogP contribution in [-0.4, -0.2) is 16.3 Å². The van der Waals surface area contributed by atoms with Crippen molar-refractivity contribution in [3.63, 3.8) is 0 Å². The fraction of sp³-hybridized carbons (Fsp3) is 0.100. The van der Waals surface area contributed by atoms with E-state index >= 15 is 0 Å². The standard InChI is InChI=1S/C10H8N2OS/c1-7-6-14-10(12-7)9-4-11-3-2-8(9)5-13/h2-6H,1H3. The normalized spacial score (nSPS) is 10.1. The zero-order valence-electron chi connectivity index (χ0n) is 7.60. The van der Waals surface area contributed by atoms with Gasteiger partial charge in [0.05, 0.1) is 0 Å². The molecule has 0 N–H and O–H groups in total. The molecule has 2 heterocycles. The van der Waals surface area contributed by atoms with Crippen molar-refractivity contribution in [2.45, 2.75) is 6.92 Å². The molecular weight excluding hydrogens is 196 g/mol. The van der Waals surface area contributed by atoms with E-state index in [2.05, 4.69) is 9.97 Å². The molecule has 0 atom stereocenters. The first-order valence-corrected chi connectivity index (χ1v) is 5.01. The van der Waals surface area contributed by atoms with Gasteiger partial charge in [0.2, 0.25) is 0 Å².